The summed E-state index contributed by atoms with van der Waals surface area (Å²) in [6.45, 7) is 5.00. The summed E-state index contributed by atoms with van der Waals surface area (Å²) in [5, 5.41) is 0. The van der Waals surface area contributed by atoms with Gasteiger partial charge >= 0.3 is 5.69 Å². The normalized spacial score (nSPS) is 16.1. The molecule has 10 nitrogen and oxygen atoms in total. The van der Waals surface area contributed by atoms with E-state index in [2.05, 4.69) is 16.8 Å². The van der Waals surface area contributed by atoms with Gasteiger partial charge < -0.3 is 9.47 Å². The van der Waals surface area contributed by atoms with Gasteiger partial charge in [0.25, 0.3) is 11.5 Å². The van der Waals surface area contributed by atoms with Crippen LogP contribution in [-0.4, -0.2) is 31.1 Å². The number of benzene rings is 1. The molecule has 0 unspecified atom stereocenters. The van der Waals surface area contributed by atoms with E-state index in [-0.39, 0.29) is 5.92 Å². The molecule has 1 aliphatic rings. The van der Waals surface area contributed by atoms with Gasteiger partial charge in [0.2, 0.25) is 5.95 Å². The monoisotopic (exact) mass is 397 g/mol. The van der Waals surface area contributed by atoms with Crippen LogP contribution < -0.4 is 27.4 Å². The van der Waals surface area contributed by atoms with E-state index in [9.17, 15) is 14.4 Å². The second-order valence-corrected chi connectivity index (χ2v) is 7.50. The molecule has 0 radical (unpaired) electrons. The van der Waals surface area contributed by atoms with Crippen LogP contribution in [-0.2, 0) is 24.9 Å². The van der Waals surface area contributed by atoms with E-state index in [4.69, 9.17) is 5.84 Å². The molecule has 0 saturated heterocycles. The number of aromatic nitrogens is 4. The average Bonchev–Trinajstić information content (AvgIpc) is 3.08. The Kier molecular flexibility index (Phi) is 4.50. The Labute approximate surface area is 166 Å². The van der Waals surface area contributed by atoms with Crippen LogP contribution in [0.15, 0.2) is 33.9 Å². The number of hydrogen-bond donors (Lipinski definition) is 2. The molecule has 1 aliphatic heterocycles. The van der Waals surface area contributed by atoms with Gasteiger partial charge in [-0.05, 0) is 24.5 Å². The Bertz CT molecular complexity index is 1240. The molecule has 1 amide bonds. The Morgan fingerprint density at radius 3 is 2.69 bits per heavy atom. The van der Waals surface area contributed by atoms with Crippen molar-refractivity contribution in [2.45, 2.75) is 26.9 Å². The van der Waals surface area contributed by atoms with Crippen molar-refractivity contribution in [3.05, 3.63) is 50.7 Å². The van der Waals surface area contributed by atoms with Crippen LogP contribution >= 0.6 is 0 Å². The first kappa shape index (κ1) is 18.9. The lowest BCUT2D eigenvalue weighted by Gasteiger charge is -2.33. The predicted molar refractivity (Wildman–Crippen MR) is 109 cm³/mol. The summed E-state index contributed by atoms with van der Waals surface area (Å²) in [4.78, 5) is 44.3. The molecule has 3 aromatic rings. The fourth-order valence-corrected chi connectivity index (χ4v) is 3.90. The summed E-state index contributed by atoms with van der Waals surface area (Å²) in [5.41, 5.74) is 3.48. The van der Waals surface area contributed by atoms with E-state index in [1.54, 1.807) is 7.05 Å². The van der Waals surface area contributed by atoms with Gasteiger partial charge in [-0.2, -0.15) is 4.98 Å². The maximum Gasteiger partial charge on any atom is 0.332 e. The van der Waals surface area contributed by atoms with Gasteiger partial charge in [-0.15, -0.1) is 0 Å². The number of carbonyl (C=O) groups is 1. The fraction of sp³-hybridized carbons (Fsp3) is 0.368. The number of rotatable bonds is 3. The minimum Gasteiger partial charge on any atom is -0.311 e. The van der Waals surface area contributed by atoms with E-state index < -0.39 is 23.7 Å². The summed E-state index contributed by atoms with van der Waals surface area (Å²) >= 11 is 0. The molecule has 2 aromatic heterocycles. The third-order valence-corrected chi connectivity index (χ3v) is 5.31. The van der Waals surface area contributed by atoms with Crippen LogP contribution in [0.5, 0.6) is 0 Å². The number of nitrogens with two attached hydrogens (primary N) is 1. The Balaban J connectivity index is 2.00. The minimum absolute atomic E-state index is 0.247. The van der Waals surface area contributed by atoms with Crippen LogP contribution in [0.25, 0.3) is 11.2 Å². The lowest BCUT2D eigenvalue weighted by atomic mass is 10.1. The molecule has 1 aromatic carbocycles. The average molecular weight is 397 g/mol. The number of fused-ring (bicyclic) bond motifs is 3. The highest BCUT2D eigenvalue weighted by Crippen LogP contribution is 2.34. The maximum atomic E-state index is 13.2. The number of hydrazine groups is 1. The van der Waals surface area contributed by atoms with E-state index in [1.165, 1.54) is 4.57 Å². The highest BCUT2D eigenvalue weighted by Gasteiger charge is 2.30. The molecule has 10 heteroatoms. The molecular weight excluding hydrogens is 374 g/mol. The predicted octanol–water partition coefficient (Wildman–Crippen LogP) is -0.0172. The lowest BCUT2D eigenvalue weighted by molar-refractivity contribution is -0.121. The number of para-hydroxylation sites is 1. The summed E-state index contributed by atoms with van der Waals surface area (Å²) < 4.78 is 4.03. The first-order valence-electron chi connectivity index (χ1n) is 9.36. The molecule has 0 saturated carbocycles. The summed E-state index contributed by atoms with van der Waals surface area (Å²) in [6.07, 6.45) is 0. The highest BCUT2D eigenvalue weighted by molar-refractivity contribution is 5.79. The standard InChI is InChI=1S/C19H23N7O3/c1-11-8-24(13-7-5-4-6-12(13)2)18-21-16-15(25(18)9-11)17(28)26(10-14(27)22-20)19(29)23(16)3/h4-7,11H,8-10,20H2,1-3H3,(H,22,27)/t11-/m1/s1. The van der Waals surface area contributed by atoms with E-state index >= 15 is 0 Å². The smallest absolute Gasteiger partial charge is 0.311 e. The van der Waals surface area contributed by atoms with Crippen LogP contribution in [0.3, 0.4) is 0 Å². The number of amides is 1. The fourth-order valence-electron chi connectivity index (χ4n) is 3.90. The zero-order valence-corrected chi connectivity index (χ0v) is 16.5. The molecule has 1 atom stereocenters. The molecule has 4 rings (SSSR count). The Morgan fingerprint density at radius 1 is 1.28 bits per heavy atom. The van der Waals surface area contributed by atoms with Crippen molar-refractivity contribution in [2.75, 3.05) is 11.4 Å². The van der Waals surface area contributed by atoms with Crippen LogP contribution in [0.4, 0.5) is 11.6 Å². The van der Waals surface area contributed by atoms with E-state index in [0.29, 0.717) is 23.7 Å². The summed E-state index contributed by atoms with van der Waals surface area (Å²) in [5.74, 6) is 5.36. The second kappa shape index (κ2) is 6.89. The van der Waals surface area contributed by atoms with Crippen molar-refractivity contribution in [2.24, 2.45) is 18.8 Å². The molecule has 3 heterocycles. The molecule has 29 heavy (non-hydrogen) atoms. The number of hydrogen-bond acceptors (Lipinski definition) is 6. The van der Waals surface area contributed by atoms with Gasteiger partial charge in [0, 0.05) is 25.8 Å². The highest BCUT2D eigenvalue weighted by atomic mass is 16.2. The number of nitrogens with zero attached hydrogens (tertiary/aromatic N) is 5. The zero-order chi connectivity index (χ0) is 20.9. The quantitative estimate of drug-likeness (QED) is 0.364. The van der Waals surface area contributed by atoms with Gasteiger partial charge in [0.1, 0.15) is 6.54 Å². The molecule has 0 bridgehead atoms. The van der Waals surface area contributed by atoms with Crippen molar-refractivity contribution in [1.82, 2.24) is 24.1 Å². The lowest BCUT2D eigenvalue weighted by Crippen LogP contribution is -2.45. The van der Waals surface area contributed by atoms with Gasteiger partial charge in [0.15, 0.2) is 11.2 Å². The molecule has 3 N–H and O–H groups in total. The molecule has 0 aliphatic carbocycles. The number of nitrogens with one attached hydrogen (secondary N) is 1. The van der Waals surface area contributed by atoms with Gasteiger partial charge in [-0.3, -0.25) is 19.6 Å². The van der Waals surface area contributed by atoms with Gasteiger partial charge in [0.05, 0.1) is 0 Å². The van der Waals surface area contributed by atoms with Crippen LogP contribution in [0.2, 0.25) is 0 Å². The topological polar surface area (TPSA) is 120 Å². The summed E-state index contributed by atoms with van der Waals surface area (Å²) in [7, 11) is 1.54. The third-order valence-electron chi connectivity index (χ3n) is 5.31. The second-order valence-electron chi connectivity index (χ2n) is 7.50. The Hall–Kier alpha value is -3.40. The van der Waals surface area contributed by atoms with Crippen molar-refractivity contribution < 1.29 is 4.79 Å². The first-order chi connectivity index (χ1) is 13.8. The van der Waals surface area contributed by atoms with E-state index in [0.717, 1.165) is 22.4 Å². The maximum absolute atomic E-state index is 13.2. The molecule has 152 valence electrons. The SMILES string of the molecule is Cc1ccccc1N1C[C@@H](C)Cn2c1nc1c2c(=O)n(CC(=O)NN)c(=O)n1C. The van der Waals surface area contributed by atoms with Crippen LogP contribution in [0, 0.1) is 12.8 Å². The largest absolute Gasteiger partial charge is 0.332 e. The zero-order valence-electron chi connectivity index (χ0n) is 16.5. The molecule has 0 spiro atoms. The number of imidazole rings is 1. The molecule has 0 fully saturated rings. The first-order valence-corrected chi connectivity index (χ1v) is 9.36. The van der Waals surface area contributed by atoms with Crippen molar-refractivity contribution in [1.29, 1.82) is 0 Å². The third kappa shape index (κ3) is 2.92. The Morgan fingerprint density at radius 2 is 2.00 bits per heavy atom. The van der Waals surface area contributed by atoms with Crippen LogP contribution in [0.1, 0.15) is 12.5 Å². The molecular formula is C19H23N7O3. The summed E-state index contributed by atoms with van der Waals surface area (Å²) in [6, 6.07) is 7.97. The van der Waals surface area contributed by atoms with Crippen molar-refractivity contribution in [3.63, 3.8) is 0 Å². The van der Waals surface area contributed by atoms with Gasteiger partial charge in [-0.25, -0.2) is 15.2 Å². The number of anilines is 2. The van der Waals surface area contributed by atoms with Crippen molar-refractivity contribution >= 4 is 28.7 Å². The number of carbonyl (C=O) groups excluding carboxylic acids is 1. The number of aryl methyl sites for hydroxylation is 2. The van der Waals surface area contributed by atoms with E-state index in [1.807, 2.05) is 41.2 Å². The van der Waals surface area contributed by atoms with Gasteiger partial charge in [-0.1, -0.05) is 25.1 Å². The minimum atomic E-state index is -0.628. The van der Waals surface area contributed by atoms with Crippen molar-refractivity contribution in [3.8, 4) is 0 Å².